The first-order chi connectivity index (χ1) is 8.49. The highest BCUT2D eigenvalue weighted by atomic mass is 16.5. The van der Waals surface area contributed by atoms with E-state index < -0.39 is 6.10 Å². The highest BCUT2D eigenvalue weighted by molar-refractivity contribution is 5.30. The third kappa shape index (κ3) is 5.49. The standard InChI is InChI=1S/C14H23NO3/c1-10(2)17-8-13(16)9-18-14-6-4-5-12(7-14)11(3)15/h4-7,10-11,13,16H,8-9,15H2,1-3H3/t11-,13?/m0/s1. The molecular formula is C14H23NO3. The van der Waals surface area contributed by atoms with Crippen LogP contribution in [0.25, 0.3) is 0 Å². The first kappa shape index (κ1) is 15.0. The van der Waals surface area contributed by atoms with Crippen LogP contribution in [0.15, 0.2) is 24.3 Å². The lowest BCUT2D eigenvalue weighted by molar-refractivity contribution is -0.0122. The molecule has 0 radical (unpaired) electrons. The van der Waals surface area contributed by atoms with E-state index in [0.717, 1.165) is 5.56 Å². The van der Waals surface area contributed by atoms with Crippen LogP contribution in [0.1, 0.15) is 32.4 Å². The summed E-state index contributed by atoms with van der Waals surface area (Å²) in [6.07, 6.45) is -0.507. The summed E-state index contributed by atoms with van der Waals surface area (Å²) < 4.78 is 10.8. The lowest BCUT2D eigenvalue weighted by Crippen LogP contribution is -2.25. The van der Waals surface area contributed by atoms with Gasteiger partial charge in [-0.15, -0.1) is 0 Å². The zero-order chi connectivity index (χ0) is 13.5. The van der Waals surface area contributed by atoms with E-state index in [1.807, 2.05) is 45.0 Å². The third-order valence-electron chi connectivity index (χ3n) is 2.45. The second-order valence-electron chi connectivity index (χ2n) is 4.71. The molecule has 0 fully saturated rings. The summed E-state index contributed by atoms with van der Waals surface area (Å²) in [5.41, 5.74) is 6.81. The van der Waals surface area contributed by atoms with Crippen LogP contribution in [0.2, 0.25) is 0 Å². The number of hydrogen-bond donors (Lipinski definition) is 2. The summed E-state index contributed by atoms with van der Waals surface area (Å²) in [6.45, 7) is 6.28. The van der Waals surface area contributed by atoms with E-state index in [-0.39, 0.29) is 25.4 Å². The Labute approximate surface area is 109 Å². The molecule has 0 saturated heterocycles. The van der Waals surface area contributed by atoms with Crippen molar-refractivity contribution in [3.63, 3.8) is 0 Å². The molecule has 1 aromatic carbocycles. The maximum Gasteiger partial charge on any atom is 0.119 e. The van der Waals surface area contributed by atoms with Crippen LogP contribution in [0, 0.1) is 0 Å². The molecule has 0 spiro atoms. The van der Waals surface area contributed by atoms with Crippen molar-refractivity contribution in [1.29, 1.82) is 0 Å². The van der Waals surface area contributed by atoms with E-state index in [1.165, 1.54) is 0 Å². The molecule has 0 aliphatic heterocycles. The molecule has 2 atom stereocenters. The lowest BCUT2D eigenvalue weighted by atomic mass is 10.1. The molecule has 0 heterocycles. The van der Waals surface area contributed by atoms with E-state index in [1.54, 1.807) is 0 Å². The fraction of sp³-hybridized carbons (Fsp3) is 0.571. The Balaban J connectivity index is 2.40. The SMILES string of the molecule is CC(C)OCC(O)COc1cccc([C@H](C)N)c1. The molecule has 0 aromatic heterocycles. The molecule has 0 saturated carbocycles. The molecular weight excluding hydrogens is 230 g/mol. The molecule has 1 unspecified atom stereocenters. The molecule has 18 heavy (non-hydrogen) atoms. The van der Waals surface area contributed by atoms with Gasteiger partial charge >= 0.3 is 0 Å². The van der Waals surface area contributed by atoms with Gasteiger partial charge in [-0.05, 0) is 38.5 Å². The number of aliphatic hydroxyl groups excluding tert-OH is 1. The van der Waals surface area contributed by atoms with Crippen molar-refractivity contribution >= 4 is 0 Å². The van der Waals surface area contributed by atoms with Gasteiger partial charge in [-0.2, -0.15) is 0 Å². The van der Waals surface area contributed by atoms with Gasteiger partial charge in [-0.25, -0.2) is 0 Å². The lowest BCUT2D eigenvalue weighted by Gasteiger charge is -2.15. The minimum Gasteiger partial charge on any atom is -0.491 e. The van der Waals surface area contributed by atoms with Gasteiger partial charge in [-0.3, -0.25) is 0 Å². The van der Waals surface area contributed by atoms with Crippen molar-refractivity contribution in [2.24, 2.45) is 5.73 Å². The zero-order valence-electron chi connectivity index (χ0n) is 11.3. The van der Waals surface area contributed by atoms with Crippen LogP contribution in [0.3, 0.4) is 0 Å². The smallest absolute Gasteiger partial charge is 0.119 e. The molecule has 0 amide bonds. The van der Waals surface area contributed by atoms with Crippen LogP contribution in [-0.4, -0.2) is 30.5 Å². The minimum atomic E-state index is -0.619. The van der Waals surface area contributed by atoms with Crippen molar-refractivity contribution in [2.45, 2.75) is 39.0 Å². The van der Waals surface area contributed by atoms with E-state index in [4.69, 9.17) is 15.2 Å². The molecule has 4 nitrogen and oxygen atoms in total. The molecule has 4 heteroatoms. The Morgan fingerprint density at radius 1 is 1.22 bits per heavy atom. The van der Waals surface area contributed by atoms with Crippen LogP contribution in [0.5, 0.6) is 5.75 Å². The van der Waals surface area contributed by atoms with E-state index in [2.05, 4.69) is 0 Å². The summed E-state index contributed by atoms with van der Waals surface area (Å²) in [5, 5.41) is 9.66. The van der Waals surface area contributed by atoms with E-state index >= 15 is 0 Å². The average Bonchev–Trinajstić information content (AvgIpc) is 2.34. The number of ether oxygens (including phenoxy) is 2. The van der Waals surface area contributed by atoms with E-state index in [0.29, 0.717) is 5.75 Å². The topological polar surface area (TPSA) is 64.7 Å². The summed E-state index contributed by atoms with van der Waals surface area (Å²) in [7, 11) is 0. The predicted octanol–water partition coefficient (Wildman–Crippen LogP) is 1.87. The van der Waals surface area contributed by atoms with Crippen molar-refractivity contribution < 1.29 is 14.6 Å². The van der Waals surface area contributed by atoms with Crippen molar-refractivity contribution in [2.75, 3.05) is 13.2 Å². The number of rotatable bonds is 7. The first-order valence-corrected chi connectivity index (χ1v) is 6.27. The Morgan fingerprint density at radius 3 is 2.56 bits per heavy atom. The fourth-order valence-corrected chi connectivity index (χ4v) is 1.43. The molecule has 1 rings (SSSR count). The van der Waals surface area contributed by atoms with Crippen molar-refractivity contribution in [3.05, 3.63) is 29.8 Å². The highest BCUT2D eigenvalue weighted by Crippen LogP contribution is 2.17. The van der Waals surface area contributed by atoms with Gasteiger partial charge in [-0.1, -0.05) is 12.1 Å². The molecule has 0 aliphatic rings. The first-order valence-electron chi connectivity index (χ1n) is 6.27. The quantitative estimate of drug-likeness (QED) is 0.778. The molecule has 0 bridgehead atoms. The normalized spacial score (nSPS) is 14.6. The summed E-state index contributed by atoms with van der Waals surface area (Å²) >= 11 is 0. The zero-order valence-corrected chi connectivity index (χ0v) is 11.3. The van der Waals surface area contributed by atoms with Gasteiger partial charge in [0.25, 0.3) is 0 Å². The second-order valence-corrected chi connectivity index (χ2v) is 4.71. The van der Waals surface area contributed by atoms with Gasteiger partial charge in [0, 0.05) is 6.04 Å². The largest absolute Gasteiger partial charge is 0.491 e. The number of nitrogens with two attached hydrogens (primary N) is 1. The molecule has 0 aliphatic carbocycles. The predicted molar refractivity (Wildman–Crippen MR) is 71.6 cm³/mol. The van der Waals surface area contributed by atoms with E-state index in [9.17, 15) is 5.11 Å². The Hall–Kier alpha value is -1.10. The summed E-state index contributed by atoms with van der Waals surface area (Å²) in [6, 6.07) is 7.56. The Bertz CT molecular complexity index is 353. The number of aliphatic hydroxyl groups is 1. The van der Waals surface area contributed by atoms with Crippen molar-refractivity contribution in [1.82, 2.24) is 0 Å². The number of benzene rings is 1. The van der Waals surface area contributed by atoms with Crippen LogP contribution in [-0.2, 0) is 4.74 Å². The average molecular weight is 253 g/mol. The van der Waals surface area contributed by atoms with Gasteiger partial charge in [0.2, 0.25) is 0 Å². The summed E-state index contributed by atoms with van der Waals surface area (Å²) in [5.74, 6) is 0.716. The van der Waals surface area contributed by atoms with Crippen LogP contribution >= 0.6 is 0 Å². The molecule has 1 aromatic rings. The van der Waals surface area contributed by atoms with Gasteiger partial charge < -0.3 is 20.3 Å². The van der Waals surface area contributed by atoms with Gasteiger partial charge in [0.15, 0.2) is 0 Å². The number of hydrogen-bond acceptors (Lipinski definition) is 4. The maximum absolute atomic E-state index is 9.66. The molecule has 3 N–H and O–H groups in total. The molecule has 102 valence electrons. The summed E-state index contributed by atoms with van der Waals surface area (Å²) in [4.78, 5) is 0. The van der Waals surface area contributed by atoms with Crippen LogP contribution < -0.4 is 10.5 Å². The Kier molecular flexibility index (Phi) is 6.12. The maximum atomic E-state index is 9.66. The van der Waals surface area contributed by atoms with Crippen LogP contribution in [0.4, 0.5) is 0 Å². The van der Waals surface area contributed by atoms with Gasteiger partial charge in [0.1, 0.15) is 18.5 Å². The Morgan fingerprint density at radius 2 is 1.94 bits per heavy atom. The third-order valence-corrected chi connectivity index (χ3v) is 2.45. The second kappa shape index (κ2) is 7.36. The highest BCUT2D eigenvalue weighted by Gasteiger charge is 2.07. The fourth-order valence-electron chi connectivity index (χ4n) is 1.43. The van der Waals surface area contributed by atoms with Crippen molar-refractivity contribution in [3.8, 4) is 5.75 Å². The van der Waals surface area contributed by atoms with Gasteiger partial charge in [0.05, 0.1) is 12.7 Å². The minimum absolute atomic E-state index is 0.0252. The monoisotopic (exact) mass is 253 g/mol.